The third kappa shape index (κ3) is 2.70. The Morgan fingerprint density at radius 1 is 1.25 bits per heavy atom. The quantitative estimate of drug-likeness (QED) is 0.848. The number of hydrogen-bond acceptors (Lipinski definition) is 5. The molecule has 0 aliphatic heterocycles. The predicted molar refractivity (Wildman–Crippen MR) is 67.7 cm³/mol. The second-order valence-electron chi connectivity index (χ2n) is 3.47. The number of aromatic nitrogens is 2. The normalized spacial score (nSPS) is 10.3. The molecular weight excluding hydrogens is 220 g/mol. The van der Waals surface area contributed by atoms with Gasteiger partial charge in [0.1, 0.15) is 5.82 Å². The Hall–Kier alpha value is -1.62. The maximum atomic E-state index is 5.53. The average Bonchev–Trinajstić information content (AvgIpc) is 2.76. The van der Waals surface area contributed by atoms with E-state index < -0.39 is 0 Å². The summed E-state index contributed by atoms with van der Waals surface area (Å²) in [6, 6.07) is 3.85. The third-order valence-corrected chi connectivity index (χ3v) is 3.35. The Morgan fingerprint density at radius 3 is 2.75 bits per heavy atom. The molecule has 0 atom stereocenters. The summed E-state index contributed by atoms with van der Waals surface area (Å²) in [6.45, 7) is 0. The van der Waals surface area contributed by atoms with Crippen LogP contribution in [0.5, 0.6) is 0 Å². The van der Waals surface area contributed by atoms with Crippen LogP contribution in [0.25, 0.3) is 0 Å². The molecule has 4 nitrogen and oxygen atoms in total. The molecule has 5 heteroatoms. The van der Waals surface area contributed by atoms with Crippen molar-refractivity contribution in [1.82, 2.24) is 9.97 Å². The monoisotopic (exact) mass is 234 g/mol. The van der Waals surface area contributed by atoms with Crippen LogP contribution in [0.15, 0.2) is 24.5 Å². The van der Waals surface area contributed by atoms with Crippen molar-refractivity contribution in [3.8, 4) is 0 Å². The van der Waals surface area contributed by atoms with Crippen LogP contribution in [0.4, 0.5) is 10.9 Å². The van der Waals surface area contributed by atoms with Crippen LogP contribution in [-0.2, 0) is 12.8 Å². The minimum atomic E-state index is 0.569. The lowest BCUT2D eigenvalue weighted by atomic mass is 10.1. The Bertz CT molecular complexity index is 449. The van der Waals surface area contributed by atoms with Crippen LogP contribution in [0, 0.1) is 0 Å². The first-order valence-corrected chi connectivity index (χ1v) is 5.92. The Labute approximate surface area is 98.6 Å². The first-order valence-electron chi connectivity index (χ1n) is 5.11. The van der Waals surface area contributed by atoms with Gasteiger partial charge in [0.15, 0.2) is 5.13 Å². The van der Waals surface area contributed by atoms with Gasteiger partial charge >= 0.3 is 0 Å². The molecule has 0 aliphatic carbocycles. The highest BCUT2D eigenvalue weighted by Gasteiger charge is 2.01. The summed E-state index contributed by atoms with van der Waals surface area (Å²) < 4.78 is 0. The fraction of sp³-hybridized carbons (Fsp3) is 0.273. The van der Waals surface area contributed by atoms with Crippen LogP contribution < -0.4 is 11.1 Å². The minimum Gasteiger partial charge on any atom is -0.384 e. The molecule has 0 saturated carbocycles. The van der Waals surface area contributed by atoms with Crippen LogP contribution in [0.1, 0.15) is 10.4 Å². The summed E-state index contributed by atoms with van der Waals surface area (Å²) in [5.41, 5.74) is 6.73. The summed E-state index contributed by atoms with van der Waals surface area (Å²) in [7, 11) is 1.88. The van der Waals surface area contributed by atoms with Crippen molar-refractivity contribution >= 4 is 22.3 Å². The van der Waals surface area contributed by atoms with Crippen molar-refractivity contribution < 1.29 is 0 Å². The van der Waals surface area contributed by atoms with E-state index >= 15 is 0 Å². The molecule has 3 N–H and O–H groups in total. The summed E-state index contributed by atoms with van der Waals surface area (Å²) >= 11 is 1.69. The summed E-state index contributed by atoms with van der Waals surface area (Å²) in [5, 5.41) is 3.99. The lowest BCUT2D eigenvalue weighted by molar-refractivity contribution is 0.966. The number of nitrogens with zero attached hydrogens (tertiary/aromatic N) is 2. The van der Waals surface area contributed by atoms with Gasteiger partial charge in [0.2, 0.25) is 0 Å². The lowest BCUT2D eigenvalue weighted by Gasteiger charge is -1.99. The standard InChI is InChI=1S/C11H14N4S/c1-13-11-15-7-9(16-11)4-2-8-3-5-10(12)14-6-8/h3,5-7H,2,4H2,1H3,(H2,12,14)(H,13,15). The van der Waals surface area contributed by atoms with Crippen molar-refractivity contribution in [3.63, 3.8) is 0 Å². The summed E-state index contributed by atoms with van der Waals surface area (Å²) in [4.78, 5) is 9.58. The topological polar surface area (TPSA) is 63.8 Å². The molecule has 84 valence electrons. The highest BCUT2D eigenvalue weighted by Crippen LogP contribution is 2.19. The van der Waals surface area contributed by atoms with Crippen molar-refractivity contribution in [2.24, 2.45) is 0 Å². The molecule has 0 radical (unpaired) electrons. The number of thiazole rings is 1. The average molecular weight is 234 g/mol. The van der Waals surface area contributed by atoms with Crippen LogP contribution in [0.3, 0.4) is 0 Å². The van der Waals surface area contributed by atoms with Gasteiger partial charge in [0, 0.05) is 24.3 Å². The summed E-state index contributed by atoms with van der Waals surface area (Å²) in [5.74, 6) is 0.569. The van der Waals surface area contributed by atoms with Crippen molar-refractivity contribution in [3.05, 3.63) is 35.0 Å². The number of nitrogen functional groups attached to an aromatic ring is 1. The third-order valence-electron chi connectivity index (χ3n) is 2.28. The number of pyridine rings is 1. The first-order chi connectivity index (χ1) is 7.78. The van der Waals surface area contributed by atoms with Crippen LogP contribution in [0.2, 0.25) is 0 Å². The Kier molecular flexibility index (Phi) is 3.36. The van der Waals surface area contributed by atoms with E-state index in [0.29, 0.717) is 5.82 Å². The molecular formula is C11H14N4S. The molecule has 0 spiro atoms. The molecule has 2 rings (SSSR count). The van der Waals surface area contributed by atoms with Crippen LogP contribution in [-0.4, -0.2) is 17.0 Å². The second-order valence-corrected chi connectivity index (χ2v) is 4.59. The molecule has 0 bridgehead atoms. The van der Waals surface area contributed by atoms with Crippen LogP contribution >= 0.6 is 11.3 Å². The number of anilines is 2. The maximum Gasteiger partial charge on any atom is 0.182 e. The Balaban J connectivity index is 1.94. The van der Waals surface area contributed by atoms with Gasteiger partial charge < -0.3 is 11.1 Å². The van der Waals surface area contributed by atoms with Crippen molar-refractivity contribution in [1.29, 1.82) is 0 Å². The van der Waals surface area contributed by atoms with E-state index in [9.17, 15) is 0 Å². The molecule has 2 aromatic heterocycles. The minimum absolute atomic E-state index is 0.569. The van der Waals surface area contributed by atoms with E-state index in [4.69, 9.17) is 5.73 Å². The van der Waals surface area contributed by atoms with E-state index in [1.807, 2.05) is 31.6 Å². The highest BCUT2D eigenvalue weighted by molar-refractivity contribution is 7.15. The van der Waals surface area contributed by atoms with Gasteiger partial charge in [0.05, 0.1) is 0 Å². The molecule has 0 fully saturated rings. The van der Waals surface area contributed by atoms with Gasteiger partial charge in [-0.2, -0.15) is 0 Å². The number of aryl methyl sites for hydroxylation is 2. The number of nitrogens with one attached hydrogen (secondary N) is 1. The lowest BCUT2D eigenvalue weighted by Crippen LogP contribution is -1.93. The molecule has 2 aromatic rings. The molecule has 0 aromatic carbocycles. The zero-order valence-corrected chi connectivity index (χ0v) is 9.92. The van der Waals surface area contributed by atoms with E-state index in [-0.39, 0.29) is 0 Å². The summed E-state index contributed by atoms with van der Waals surface area (Å²) in [6.07, 6.45) is 5.71. The molecule has 16 heavy (non-hydrogen) atoms. The van der Waals surface area contributed by atoms with Gasteiger partial charge in [-0.1, -0.05) is 6.07 Å². The molecule has 0 unspecified atom stereocenters. The van der Waals surface area contributed by atoms with Gasteiger partial charge in [-0.05, 0) is 24.5 Å². The van der Waals surface area contributed by atoms with Gasteiger partial charge in [-0.15, -0.1) is 11.3 Å². The largest absolute Gasteiger partial charge is 0.384 e. The first kappa shape index (κ1) is 10.9. The maximum absolute atomic E-state index is 5.53. The van der Waals surface area contributed by atoms with E-state index in [1.165, 1.54) is 10.4 Å². The molecule has 0 amide bonds. The fourth-order valence-electron chi connectivity index (χ4n) is 1.39. The molecule has 2 heterocycles. The van der Waals surface area contributed by atoms with Gasteiger partial charge in [-0.3, -0.25) is 0 Å². The number of hydrogen-bond donors (Lipinski definition) is 2. The van der Waals surface area contributed by atoms with Gasteiger partial charge in [-0.25, -0.2) is 9.97 Å². The van der Waals surface area contributed by atoms with Crippen molar-refractivity contribution in [2.75, 3.05) is 18.1 Å². The van der Waals surface area contributed by atoms with E-state index in [2.05, 4.69) is 15.3 Å². The SMILES string of the molecule is CNc1ncc(CCc2ccc(N)nc2)s1. The smallest absolute Gasteiger partial charge is 0.182 e. The Morgan fingerprint density at radius 2 is 2.12 bits per heavy atom. The zero-order valence-electron chi connectivity index (χ0n) is 9.10. The molecule has 0 saturated heterocycles. The van der Waals surface area contributed by atoms with E-state index in [0.717, 1.165) is 18.0 Å². The highest BCUT2D eigenvalue weighted by atomic mass is 32.1. The zero-order chi connectivity index (χ0) is 11.4. The number of rotatable bonds is 4. The second kappa shape index (κ2) is 4.94. The predicted octanol–water partition coefficient (Wildman–Crippen LogP) is 1.95. The van der Waals surface area contributed by atoms with E-state index in [1.54, 1.807) is 11.3 Å². The van der Waals surface area contributed by atoms with Crippen molar-refractivity contribution in [2.45, 2.75) is 12.8 Å². The number of nitrogens with two attached hydrogens (primary N) is 1. The van der Waals surface area contributed by atoms with Gasteiger partial charge in [0.25, 0.3) is 0 Å². The fourth-order valence-corrected chi connectivity index (χ4v) is 2.16. The molecule has 0 aliphatic rings.